The molecule has 26 heavy (non-hydrogen) atoms. The molecule has 0 spiro atoms. The fourth-order valence-corrected chi connectivity index (χ4v) is 3.16. The molecule has 4 rings (SSSR count). The number of nitrogens with zero attached hydrogens (tertiary/aromatic N) is 5. The summed E-state index contributed by atoms with van der Waals surface area (Å²) in [5, 5.41) is 7.95. The molecule has 3 heterocycles. The fraction of sp³-hybridized carbons (Fsp3) is 0.316. The minimum Gasteiger partial charge on any atom is -0.497 e. The van der Waals surface area contributed by atoms with Gasteiger partial charge in [0.2, 0.25) is 0 Å². The Labute approximate surface area is 152 Å². The van der Waals surface area contributed by atoms with Crippen LogP contribution in [0.15, 0.2) is 48.9 Å². The average Bonchev–Trinajstić information content (AvgIpc) is 3.10. The van der Waals surface area contributed by atoms with Crippen molar-refractivity contribution in [3.05, 3.63) is 65.9 Å². The van der Waals surface area contributed by atoms with Gasteiger partial charge in [-0.2, -0.15) is 5.10 Å². The van der Waals surface area contributed by atoms with E-state index in [-0.39, 0.29) is 0 Å². The standard InChI is InChI=1S/C19H22N6O/c1-26-18-4-2-15(3-5-18)13-24-8-9-25-17(14-24)10-16(23-25)11-22-19-12-20-6-7-21-19/h2-7,10,12H,8-9,11,13-14H2,1H3,(H,21,22). The van der Waals surface area contributed by atoms with Crippen LogP contribution in [0.3, 0.4) is 0 Å². The number of hydrogen-bond donors (Lipinski definition) is 1. The Morgan fingerprint density at radius 1 is 1.15 bits per heavy atom. The van der Waals surface area contributed by atoms with Gasteiger partial charge in [-0.05, 0) is 23.8 Å². The average molecular weight is 350 g/mol. The Kier molecular flexibility index (Phi) is 4.79. The van der Waals surface area contributed by atoms with Crippen molar-refractivity contribution in [3.63, 3.8) is 0 Å². The van der Waals surface area contributed by atoms with Crippen LogP contribution in [0.5, 0.6) is 5.75 Å². The summed E-state index contributed by atoms with van der Waals surface area (Å²) in [6.45, 7) is 4.40. The summed E-state index contributed by atoms with van der Waals surface area (Å²) < 4.78 is 7.33. The van der Waals surface area contributed by atoms with Crippen LogP contribution < -0.4 is 10.1 Å². The van der Waals surface area contributed by atoms with E-state index in [9.17, 15) is 0 Å². The van der Waals surface area contributed by atoms with Gasteiger partial charge in [0.15, 0.2) is 0 Å². The molecule has 0 atom stereocenters. The fourth-order valence-electron chi connectivity index (χ4n) is 3.16. The predicted octanol–water partition coefficient (Wildman–Crippen LogP) is 2.31. The van der Waals surface area contributed by atoms with Crippen LogP contribution in [0.1, 0.15) is 17.0 Å². The van der Waals surface area contributed by atoms with Gasteiger partial charge in [-0.3, -0.25) is 14.6 Å². The van der Waals surface area contributed by atoms with Gasteiger partial charge in [0.25, 0.3) is 0 Å². The topological polar surface area (TPSA) is 68.1 Å². The number of methoxy groups -OCH3 is 1. The lowest BCUT2D eigenvalue weighted by molar-refractivity contribution is 0.205. The lowest BCUT2D eigenvalue weighted by Gasteiger charge is -2.27. The van der Waals surface area contributed by atoms with E-state index in [1.54, 1.807) is 25.7 Å². The van der Waals surface area contributed by atoms with Crippen molar-refractivity contribution in [1.82, 2.24) is 24.6 Å². The Hall–Kier alpha value is -2.93. The van der Waals surface area contributed by atoms with Gasteiger partial charge >= 0.3 is 0 Å². The lowest BCUT2D eigenvalue weighted by Crippen LogP contribution is -2.33. The molecule has 0 radical (unpaired) electrons. The zero-order chi connectivity index (χ0) is 17.8. The van der Waals surface area contributed by atoms with E-state index in [1.807, 2.05) is 12.1 Å². The number of rotatable bonds is 6. The molecule has 1 aromatic carbocycles. The normalized spacial score (nSPS) is 14.0. The van der Waals surface area contributed by atoms with Crippen molar-refractivity contribution in [2.75, 3.05) is 19.0 Å². The zero-order valence-electron chi connectivity index (χ0n) is 14.8. The minimum absolute atomic E-state index is 0.650. The quantitative estimate of drug-likeness (QED) is 0.736. The van der Waals surface area contributed by atoms with E-state index in [0.29, 0.717) is 6.54 Å². The molecule has 1 aliphatic heterocycles. The van der Waals surface area contributed by atoms with Crippen LogP contribution >= 0.6 is 0 Å². The third kappa shape index (κ3) is 3.83. The summed E-state index contributed by atoms with van der Waals surface area (Å²) in [4.78, 5) is 10.7. The summed E-state index contributed by atoms with van der Waals surface area (Å²) in [5.41, 5.74) is 3.57. The molecule has 0 unspecified atom stereocenters. The molecule has 1 N–H and O–H groups in total. The summed E-state index contributed by atoms with van der Waals surface area (Å²) in [6.07, 6.45) is 5.06. The maximum Gasteiger partial charge on any atom is 0.144 e. The second kappa shape index (κ2) is 7.53. The molecule has 1 aliphatic rings. The number of benzene rings is 1. The first kappa shape index (κ1) is 16.5. The molecule has 7 heteroatoms. The second-order valence-corrected chi connectivity index (χ2v) is 6.35. The number of anilines is 1. The van der Waals surface area contributed by atoms with E-state index >= 15 is 0 Å². The molecule has 0 aliphatic carbocycles. The van der Waals surface area contributed by atoms with Gasteiger partial charge in [0.1, 0.15) is 11.6 Å². The molecule has 0 saturated carbocycles. The molecule has 0 amide bonds. The molecular formula is C19H22N6O. The first-order valence-electron chi connectivity index (χ1n) is 8.71. The number of hydrogen-bond acceptors (Lipinski definition) is 6. The number of aromatic nitrogens is 4. The van der Waals surface area contributed by atoms with Gasteiger partial charge in [0, 0.05) is 32.0 Å². The molecular weight excluding hydrogens is 328 g/mol. The van der Waals surface area contributed by atoms with Gasteiger partial charge in [-0.25, -0.2) is 4.98 Å². The third-order valence-corrected chi connectivity index (χ3v) is 4.51. The highest BCUT2D eigenvalue weighted by atomic mass is 16.5. The molecule has 134 valence electrons. The predicted molar refractivity (Wildman–Crippen MR) is 98.7 cm³/mol. The lowest BCUT2D eigenvalue weighted by atomic mass is 10.2. The van der Waals surface area contributed by atoms with Crippen LogP contribution in [0.25, 0.3) is 0 Å². The SMILES string of the molecule is COc1ccc(CN2CCn3nc(CNc4cnccn4)cc3C2)cc1. The van der Waals surface area contributed by atoms with E-state index in [4.69, 9.17) is 9.84 Å². The van der Waals surface area contributed by atoms with Crippen LogP contribution in [0, 0.1) is 0 Å². The maximum atomic E-state index is 5.22. The minimum atomic E-state index is 0.650. The molecule has 0 bridgehead atoms. The number of fused-ring (bicyclic) bond motifs is 1. The van der Waals surface area contributed by atoms with Crippen molar-refractivity contribution in [2.24, 2.45) is 0 Å². The highest BCUT2D eigenvalue weighted by Crippen LogP contribution is 2.18. The van der Waals surface area contributed by atoms with Crippen molar-refractivity contribution < 1.29 is 4.74 Å². The maximum absolute atomic E-state index is 5.22. The van der Waals surface area contributed by atoms with Gasteiger partial charge in [-0.1, -0.05) is 12.1 Å². The largest absolute Gasteiger partial charge is 0.497 e. The summed E-state index contributed by atoms with van der Waals surface area (Å²) in [7, 11) is 1.69. The molecule has 0 fully saturated rings. The molecule has 3 aromatic rings. The summed E-state index contributed by atoms with van der Waals surface area (Å²) in [6, 6.07) is 10.4. The van der Waals surface area contributed by atoms with Crippen molar-refractivity contribution >= 4 is 5.82 Å². The Balaban J connectivity index is 1.36. The summed E-state index contributed by atoms with van der Waals surface area (Å²) in [5.74, 6) is 1.66. The van der Waals surface area contributed by atoms with E-state index in [0.717, 1.165) is 43.4 Å². The van der Waals surface area contributed by atoms with E-state index < -0.39 is 0 Å². The van der Waals surface area contributed by atoms with Crippen LogP contribution in [-0.2, 0) is 26.2 Å². The number of nitrogens with one attached hydrogen (secondary N) is 1. The van der Waals surface area contributed by atoms with Crippen molar-refractivity contribution in [1.29, 1.82) is 0 Å². The first-order valence-corrected chi connectivity index (χ1v) is 8.71. The zero-order valence-corrected chi connectivity index (χ0v) is 14.8. The first-order chi connectivity index (χ1) is 12.8. The molecule has 7 nitrogen and oxygen atoms in total. The Morgan fingerprint density at radius 2 is 2.04 bits per heavy atom. The Morgan fingerprint density at radius 3 is 2.81 bits per heavy atom. The Bertz CT molecular complexity index is 846. The van der Waals surface area contributed by atoms with Crippen molar-refractivity contribution in [3.8, 4) is 5.75 Å². The number of ether oxygens (including phenoxy) is 1. The smallest absolute Gasteiger partial charge is 0.144 e. The van der Waals surface area contributed by atoms with Crippen LogP contribution in [-0.4, -0.2) is 38.3 Å². The van der Waals surface area contributed by atoms with Gasteiger partial charge < -0.3 is 10.1 Å². The van der Waals surface area contributed by atoms with E-state index in [2.05, 4.69) is 43.1 Å². The van der Waals surface area contributed by atoms with Crippen molar-refractivity contribution in [2.45, 2.75) is 26.2 Å². The monoisotopic (exact) mass is 350 g/mol. The highest BCUT2D eigenvalue weighted by Gasteiger charge is 2.18. The van der Waals surface area contributed by atoms with Crippen LogP contribution in [0.2, 0.25) is 0 Å². The second-order valence-electron chi connectivity index (χ2n) is 6.35. The molecule has 2 aromatic heterocycles. The summed E-state index contributed by atoms with van der Waals surface area (Å²) >= 11 is 0. The van der Waals surface area contributed by atoms with E-state index in [1.165, 1.54) is 11.3 Å². The third-order valence-electron chi connectivity index (χ3n) is 4.51. The van der Waals surface area contributed by atoms with Gasteiger partial charge in [-0.15, -0.1) is 0 Å². The van der Waals surface area contributed by atoms with Gasteiger partial charge in [0.05, 0.1) is 37.8 Å². The highest BCUT2D eigenvalue weighted by molar-refractivity contribution is 5.31. The van der Waals surface area contributed by atoms with Crippen LogP contribution in [0.4, 0.5) is 5.82 Å². The molecule has 0 saturated heterocycles.